The molecule has 0 saturated heterocycles. The zero-order valence-corrected chi connectivity index (χ0v) is 10.9. The molecule has 2 aromatic rings. The smallest absolute Gasteiger partial charge is 0.246 e. The van der Waals surface area contributed by atoms with Crippen LogP contribution in [0.2, 0.25) is 0 Å². The lowest BCUT2D eigenvalue weighted by Gasteiger charge is -2.12. The van der Waals surface area contributed by atoms with E-state index < -0.39 is 0 Å². The van der Waals surface area contributed by atoms with Gasteiger partial charge in [-0.3, -0.25) is 9.89 Å². The topological polar surface area (TPSA) is 85.7 Å². The monoisotopic (exact) mass is 267 g/mol. The SMILES string of the molecule is CN(Cc1ncn[nH]1)C(=O)C=Cc1ccc(C#N)cc1. The van der Waals surface area contributed by atoms with Gasteiger partial charge in [-0.2, -0.15) is 10.4 Å². The normalized spacial score (nSPS) is 10.4. The predicted octanol–water partition coefficient (Wildman–Crippen LogP) is 1.35. The molecule has 0 atom stereocenters. The van der Waals surface area contributed by atoms with Gasteiger partial charge >= 0.3 is 0 Å². The van der Waals surface area contributed by atoms with E-state index in [2.05, 4.69) is 15.2 Å². The highest BCUT2D eigenvalue weighted by molar-refractivity contribution is 5.91. The van der Waals surface area contributed by atoms with E-state index in [1.807, 2.05) is 6.07 Å². The Morgan fingerprint density at radius 3 is 2.80 bits per heavy atom. The molecule has 0 fully saturated rings. The van der Waals surface area contributed by atoms with Gasteiger partial charge in [0.05, 0.1) is 18.2 Å². The number of benzene rings is 1. The average Bonchev–Trinajstić information content (AvgIpc) is 2.98. The van der Waals surface area contributed by atoms with Crippen LogP contribution in [0, 0.1) is 11.3 Å². The quantitative estimate of drug-likeness (QED) is 0.847. The molecule has 1 aromatic carbocycles. The first kappa shape index (κ1) is 13.5. The van der Waals surface area contributed by atoms with Crippen LogP contribution in [-0.2, 0) is 11.3 Å². The summed E-state index contributed by atoms with van der Waals surface area (Å²) in [6, 6.07) is 9.05. The molecule has 0 spiro atoms. The summed E-state index contributed by atoms with van der Waals surface area (Å²) in [6.45, 7) is 0.372. The van der Waals surface area contributed by atoms with E-state index >= 15 is 0 Å². The van der Waals surface area contributed by atoms with Gasteiger partial charge in [-0.15, -0.1) is 0 Å². The standard InChI is InChI=1S/C14H13N5O/c1-19(9-13-16-10-17-18-13)14(20)7-6-11-2-4-12(8-15)5-3-11/h2-7,10H,9H2,1H3,(H,16,17,18). The van der Waals surface area contributed by atoms with Crippen molar-refractivity contribution in [3.63, 3.8) is 0 Å². The first-order chi connectivity index (χ1) is 9.69. The molecule has 2 rings (SSSR count). The number of aromatic nitrogens is 3. The number of nitrogens with zero attached hydrogens (tertiary/aromatic N) is 4. The Kier molecular flexibility index (Phi) is 4.24. The number of nitrogens with one attached hydrogen (secondary N) is 1. The molecule has 0 aliphatic rings. The predicted molar refractivity (Wildman–Crippen MR) is 73.0 cm³/mol. The summed E-state index contributed by atoms with van der Waals surface area (Å²) < 4.78 is 0. The maximum Gasteiger partial charge on any atom is 0.246 e. The molecule has 0 aliphatic carbocycles. The van der Waals surface area contributed by atoms with Crippen LogP contribution in [0.4, 0.5) is 0 Å². The van der Waals surface area contributed by atoms with E-state index in [0.29, 0.717) is 17.9 Å². The lowest BCUT2D eigenvalue weighted by atomic mass is 10.1. The number of hydrogen-bond donors (Lipinski definition) is 1. The van der Waals surface area contributed by atoms with Crippen LogP contribution in [0.1, 0.15) is 17.0 Å². The molecule has 1 aromatic heterocycles. The molecule has 6 nitrogen and oxygen atoms in total. The van der Waals surface area contributed by atoms with Crippen molar-refractivity contribution < 1.29 is 4.79 Å². The van der Waals surface area contributed by atoms with Crippen molar-refractivity contribution in [3.8, 4) is 6.07 Å². The molecule has 1 heterocycles. The third-order valence-corrected chi connectivity index (χ3v) is 2.69. The first-order valence-corrected chi connectivity index (χ1v) is 5.96. The number of H-pyrrole nitrogens is 1. The van der Waals surface area contributed by atoms with Crippen molar-refractivity contribution in [1.82, 2.24) is 20.1 Å². The van der Waals surface area contributed by atoms with Crippen LogP contribution < -0.4 is 0 Å². The molecule has 0 unspecified atom stereocenters. The van der Waals surface area contributed by atoms with Gasteiger partial charge in [0.1, 0.15) is 12.2 Å². The lowest BCUT2D eigenvalue weighted by molar-refractivity contribution is -0.125. The number of hydrogen-bond acceptors (Lipinski definition) is 4. The highest BCUT2D eigenvalue weighted by atomic mass is 16.2. The minimum absolute atomic E-state index is 0.134. The molecule has 0 saturated carbocycles. The molecule has 100 valence electrons. The highest BCUT2D eigenvalue weighted by Gasteiger charge is 2.07. The molecular formula is C14H13N5O. The highest BCUT2D eigenvalue weighted by Crippen LogP contribution is 2.06. The summed E-state index contributed by atoms with van der Waals surface area (Å²) in [5, 5.41) is 15.1. The Morgan fingerprint density at radius 2 is 2.20 bits per heavy atom. The van der Waals surface area contributed by atoms with Gasteiger partial charge in [0.2, 0.25) is 5.91 Å². The number of amides is 1. The van der Waals surface area contributed by atoms with E-state index in [0.717, 1.165) is 5.56 Å². The van der Waals surface area contributed by atoms with Gasteiger partial charge in [-0.25, -0.2) is 4.98 Å². The summed E-state index contributed by atoms with van der Waals surface area (Å²) in [5.41, 5.74) is 1.46. The second-order valence-electron chi connectivity index (χ2n) is 4.19. The van der Waals surface area contributed by atoms with E-state index in [1.54, 1.807) is 37.4 Å². The second-order valence-corrected chi connectivity index (χ2v) is 4.19. The summed E-state index contributed by atoms with van der Waals surface area (Å²) >= 11 is 0. The minimum atomic E-state index is -0.134. The molecule has 0 aliphatic heterocycles. The maximum absolute atomic E-state index is 11.9. The molecule has 20 heavy (non-hydrogen) atoms. The van der Waals surface area contributed by atoms with Gasteiger partial charge < -0.3 is 4.90 Å². The molecule has 6 heteroatoms. The lowest BCUT2D eigenvalue weighted by Crippen LogP contribution is -2.24. The maximum atomic E-state index is 11.9. The second kappa shape index (κ2) is 6.29. The van der Waals surface area contributed by atoms with Gasteiger partial charge in [0, 0.05) is 13.1 Å². The van der Waals surface area contributed by atoms with Gasteiger partial charge in [-0.05, 0) is 23.8 Å². The molecule has 0 radical (unpaired) electrons. The molecule has 1 amide bonds. The fraction of sp³-hybridized carbons (Fsp3) is 0.143. The summed E-state index contributed by atoms with van der Waals surface area (Å²) in [5.74, 6) is 0.499. The van der Waals surface area contributed by atoms with Gasteiger partial charge in [0.15, 0.2) is 0 Å². The minimum Gasteiger partial charge on any atom is -0.335 e. The third-order valence-electron chi connectivity index (χ3n) is 2.69. The molecular weight excluding hydrogens is 254 g/mol. The number of carbonyl (C=O) groups is 1. The Hall–Kier alpha value is -2.94. The van der Waals surface area contributed by atoms with Crippen LogP contribution in [0.15, 0.2) is 36.7 Å². The Balaban J connectivity index is 1.95. The van der Waals surface area contributed by atoms with Gasteiger partial charge in [-0.1, -0.05) is 12.1 Å². The summed E-state index contributed by atoms with van der Waals surface area (Å²) in [4.78, 5) is 17.4. The van der Waals surface area contributed by atoms with Crippen LogP contribution in [0.25, 0.3) is 6.08 Å². The van der Waals surface area contributed by atoms with Crippen LogP contribution >= 0.6 is 0 Å². The molecule has 1 N–H and O–H groups in total. The van der Waals surface area contributed by atoms with E-state index in [9.17, 15) is 4.79 Å². The molecule has 0 bridgehead atoms. The fourth-order valence-corrected chi connectivity index (χ4v) is 1.57. The van der Waals surface area contributed by atoms with Gasteiger partial charge in [0.25, 0.3) is 0 Å². The number of carbonyl (C=O) groups excluding carboxylic acids is 1. The van der Waals surface area contributed by atoms with Crippen molar-refractivity contribution in [3.05, 3.63) is 53.6 Å². The van der Waals surface area contributed by atoms with Crippen LogP contribution in [0.3, 0.4) is 0 Å². The van der Waals surface area contributed by atoms with Crippen LogP contribution in [0.5, 0.6) is 0 Å². The Labute approximate surface area is 116 Å². The van der Waals surface area contributed by atoms with Crippen molar-refractivity contribution in [2.24, 2.45) is 0 Å². The van der Waals surface area contributed by atoms with Crippen LogP contribution in [-0.4, -0.2) is 33.0 Å². The van der Waals surface area contributed by atoms with E-state index in [-0.39, 0.29) is 5.91 Å². The Morgan fingerprint density at radius 1 is 1.45 bits per heavy atom. The Bertz CT molecular complexity index is 637. The third kappa shape index (κ3) is 3.53. The fourth-order valence-electron chi connectivity index (χ4n) is 1.57. The van der Waals surface area contributed by atoms with E-state index in [1.165, 1.54) is 17.3 Å². The van der Waals surface area contributed by atoms with Crippen molar-refractivity contribution >= 4 is 12.0 Å². The average molecular weight is 267 g/mol. The van der Waals surface area contributed by atoms with Crippen molar-refractivity contribution in [2.45, 2.75) is 6.54 Å². The largest absolute Gasteiger partial charge is 0.335 e. The van der Waals surface area contributed by atoms with Crippen molar-refractivity contribution in [1.29, 1.82) is 5.26 Å². The zero-order valence-electron chi connectivity index (χ0n) is 10.9. The number of aromatic amines is 1. The zero-order chi connectivity index (χ0) is 14.4. The van der Waals surface area contributed by atoms with Crippen molar-refractivity contribution in [2.75, 3.05) is 7.05 Å². The van der Waals surface area contributed by atoms with E-state index in [4.69, 9.17) is 5.26 Å². The number of nitriles is 1. The summed E-state index contributed by atoms with van der Waals surface area (Å²) in [7, 11) is 1.69. The first-order valence-electron chi connectivity index (χ1n) is 5.96. The summed E-state index contributed by atoms with van der Waals surface area (Å²) in [6.07, 6.45) is 4.60. The number of likely N-dealkylation sites (N-methyl/N-ethyl adjacent to an activating group) is 1. The number of rotatable bonds is 4.